The van der Waals surface area contributed by atoms with Crippen LogP contribution in [0.5, 0.6) is 0 Å². The fraction of sp³-hybridized carbons (Fsp3) is 0.417. The molecule has 1 N–H and O–H groups in total. The van der Waals surface area contributed by atoms with Crippen molar-refractivity contribution in [1.82, 2.24) is 10.2 Å². The number of rotatable bonds is 9. The lowest BCUT2D eigenvalue weighted by Crippen LogP contribution is -2.49. The summed E-state index contributed by atoms with van der Waals surface area (Å²) in [7, 11) is 0. The van der Waals surface area contributed by atoms with Gasteiger partial charge in [-0.15, -0.1) is 11.8 Å². The van der Waals surface area contributed by atoms with Gasteiger partial charge < -0.3 is 10.2 Å². The van der Waals surface area contributed by atoms with Gasteiger partial charge in [-0.3, -0.25) is 9.59 Å². The number of carbonyl (C=O) groups is 2. The van der Waals surface area contributed by atoms with Gasteiger partial charge in [0.05, 0.1) is 0 Å². The van der Waals surface area contributed by atoms with Crippen LogP contribution in [0.1, 0.15) is 44.6 Å². The Bertz CT molecular complexity index is 776. The molecule has 0 spiro atoms. The fourth-order valence-corrected chi connectivity index (χ4v) is 4.53. The first-order valence-corrected chi connectivity index (χ1v) is 11.4. The number of nitrogens with zero attached hydrogens (tertiary/aromatic N) is 1. The van der Waals surface area contributed by atoms with Crippen molar-refractivity contribution in [2.24, 2.45) is 0 Å². The van der Waals surface area contributed by atoms with Crippen molar-refractivity contribution in [2.75, 3.05) is 5.75 Å². The zero-order valence-electron chi connectivity index (χ0n) is 17.0. The summed E-state index contributed by atoms with van der Waals surface area (Å²) in [6, 6.07) is 19.8. The summed E-state index contributed by atoms with van der Waals surface area (Å²) in [6.45, 7) is 2.30. The first-order chi connectivity index (χ1) is 14.1. The van der Waals surface area contributed by atoms with Gasteiger partial charge >= 0.3 is 0 Å². The van der Waals surface area contributed by atoms with Gasteiger partial charge in [-0.25, -0.2) is 0 Å². The molecule has 2 amide bonds. The predicted molar refractivity (Wildman–Crippen MR) is 119 cm³/mol. The van der Waals surface area contributed by atoms with Gasteiger partial charge in [0.25, 0.3) is 0 Å². The van der Waals surface area contributed by atoms with E-state index in [1.807, 2.05) is 55.5 Å². The summed E-state index contributed by atoms with van der Waals surface area (Å²) in [5.41, 5.74) is 1.04. The molecule has 29 heavy (non-hydrogen) atoms. The number of nitrogens with one attached hydrogen (secondary N) is 1. The zero-order chi connectivity index (χ0) is 20.5. The zero-order valence-corrected chi connectivity index (χ0v) is 17.9. The van der Waals surface area contributed by atoms with Gasteiger partial charge in [-0.1, -0.05) is 61.4 Å². The Kier molecular flexibility index (Phi) is 8.17. The highest BCUT2D eigenvalue weighted by molar-refractivity contribution is 7.99. The first kappa shape index (κ1) is 21.4. The summed E-state index contributed by atoms with van der Waals surface area (Å²) in [5.74, 6) is 0.675. The van der Waals surface area contributed by atoms with E-state index in [2.05, 4.69) is 17.4 Å². The average Bonchev–Trinajstić information content (AvgIpc) is 3.26. The van der Waals surface area contributed by atoms with Crippen LogP contribution < -0.4 is 5.32 Å². The summed E-state index contributed by atoms with van der Waals surface area (Å²) < 4.78 is 0. The van der Waals surface area contributed by atoms with Crippen molar-refractivity contribution in [1.29, 1.82) is 0 Å². The van der Waals surface area contributed by atoms with E-state index in [1.54, 1.807) is 16.7 Å². The Morgan fingerprint density at radius 2 is 1.66 bits per heavy atom. The smallest absolute Gasteiger partial charge is 0.242 e. The number of benzene rings is 2. The highest BCUT2D eigenvalue weighted by atomic mass is 32.2. The van der Waals surface area contributed by atoms with Gasteiger partial charge in [-0.2, -0.15) is 0 Å². The Hall–Kier alpha value is -2.27. The van der Waals surface area contributed by atoms with E-state index >= 15 is 0 Å². The van der Waals surface area contributed by atoms with Crippen LogP contribution in [-0.2, 0) is 16.1 Å². The maximum Gasteiger partial charge on any atom is 0.242 e. The maximum absolute atomic E-state index is 13.1. The molecule has 0 aromatic heterocycles. The van der Waals surface area contributed by atoms with E-state index in [-0.39, 0.29) is 17.9 Å². The molecule has 154 valence electrons. The molecule has 2 aromatic rings. The monoisotopic (exact) mass is 410 g/mol. The second-order valence-electron chi connectivity index (χ2n) is 7.58. The summed E-state index contributed by atoms with van der Waals surface area (Å²) in [6.07, 6.45) is 4.83. The lowest BCUT2D eigenvalue weighted by Gasteiger charge is -2.29. The third-order valence-corrected chi connectivity index (χ3v) is 6.41. The molecule has 5 heteroatoms. The van der Waals surface area contributed by atoms with Crippen molar-refractivity contribution in [3.05, 3.63) is 66.2 Å². The van der Waals surface area contributed by atoms with Crippen molar-refractivity contribution >= 4 is 23.6 Å². The van der Waals surface area contributed by atoms with Crippen LogP contribution in [0.15, 0.2) is 65.6 Å². The Morgan fingerprint density at radius 3 is 2.31 bits per heavy atom. The van der Waals surface area contributed by atoms with E-state index in [4.69, 9.17) is 0 Å². The Balaban J connectivity index is 1.62. The van der Waals surface area contributed by atoms with Gasteiger partial charge in [0.1, 0.15) is 6.04 Å². The highest BCUT2D eigenvalue weighted by Gasteiger charge is 2.28. The molecule has 4 nitrogen and oxygen atoms in total. The van der Waals surface area contributed by atoms with Crippen LogP contribution in [0, 0.1) is 0 Å². The second kappa shape index (κ2) is 11.1. The highest BCUT2D eigenvalue weighted by Crippen LogP contribution is 2.20. The largest absolute Gasteiger partial charge is 0.352 e. The second-order valence-corrected chi connectivity index (χ2v) is 8.75. The topological polar surface area (TPSA) is 49.4 Å². The van der Waals surface area contributed by atoms with E-state index in [0.717, 1.165) is 23.3 Å². The quantitative estimate of drug-likeness (QED) is 0.613. The molecule has 1 saturated carbocycles. The third-order valence-electron chi connectivity index (χ3n) is 5.39. The Morgan fingerprint density at radius 1 is 1.03 bits per heavy atom. The number of amides is 2. The molecular weight excluding hydrogens is 380 g/mol. The third kappa shape index (κ3) is 6.64. The van der Waals surface area contributed by atoms with E-state index in [0.29, 0.717) is 18.7 Å². The van der Waals surface area contributed by atoms with Gasteiger partial charge in [0.2, 0.25) is 11.8 Å². The summed E-state index contributed by atoms with van der Waals surface area (Å²) >= 11 is 1.67. The van der Waals surface area contributed by atoms with Crippen molar-refractivity contribution in [3.63, 3.8) is 0 Å². The van der Waals surface area contributed by atoms with Gasteiger partial charge in [0.15, 0.2) is 0 Å². The van der Waals surface area contributed by atoms with E-state index < -0.39 is 6.04 Å². The molecule has 1 atom stereocenters. The predicted octanol–water partition coefficient (Wildman–Crippen LogP) is 4.64. The molecule has 1 aliphatic carbocycles. The number of hydrogen-bond acceptors (Lipinski definition) is 3. The molecule has 0 unspecified atom stereocenters. The minimum absolute atomic E-state index is 0.0198. The standard InChI is InChI=1S/C24H30N2O2S/c1-19(24(28)25-21-12-8-9-13-21)26(18-20-10-4-2-5-11-20)23(27)16-17-29-22-14-6-3-7-15-22/h2-7,10-11,14-15,19,21H,8-9,12-13,16-18H2,1H3,(H,25,28)/t19-/m0/s1. The fourth-order valence-electron chi connectivity index (χ4n) is 3.67. The first-order valence-electron chi connectivity index (χ1n) is 10.4. The summed E-state index contributed by atoms with van der Waals surface area (Å²) in [5, 5.41) is 3.14. The molecule has 1 aliphatic rings. The molecular formula is C24H30N2O2S. The lowest BCUT2D eigenvalue weighted by molar-refractivity contribution is -0.140. The van der Waals surface area contributed by atoms with Gasteiger partial charge in [0, 0.05) is 29.7 Å². The minimum Gasteiger partial charge on any atom is -0.352 e. The molecule has 0 saturated heterocycles. The molecule has 0 heterocycles. The maximum atomic E-state index is 13.1. The van der Waals surface area contributed by atoms with Crippen LogP contribution >= 0.6 is 11.8 Å². The number of hydrogen-bond donors (Lipinski definition) is 1. The minimum atomic E-state index is -0.481. The number of carbonyl (C=O) groups excluding carboxylic acids is 2. The van der Waals surface area contributed by atoms with Crippen LogP contribution in [0.2, 0.25) is 0 Å². The van der Waals surface area contributed by atoms with Crippen molar-refractivity contribution < 1.29 is 9.59 Å². The van der Waals surface area contributed by atoms with Crippen LogP contribution in [0.3, 0.4) is 0 Å². The van der Waals surface area contributed by atoms with Crippen molar-refractivity contribution in [3.8, 4) is 0 Å². The number of thioether (sulfide) groups is 1. The average molecular weight is 411 g/mol. The van der Waals surface area contributed by atoms with E-state index in [9.17, 15) is 9.59 Å². The molecule has 3 rings (SSSR count). The van der Waals surface area contributed by atoms with Crippen molar-refractivity contribution in [2.45, 2.75) is 62.6 Å². The molecule has 2 aromatic carbocycles. The van der Waals surface area contributed by atoms with Gasteiger partial charge in [-0.05, 0) is 37.5 Å². The van der Waals surface area contributed by atoms with Crippen LogP contribution in [0.25, 0.3) is 0 Å². The molecule has 0 bridgehead atoms. The molecule has 1 fully saturated rings. The lowest BCUT2D eigenvalue weighted by atomic mass is 10.1. The molecule has 0 radical (unpaired) electrons. The SMILES string of the molecule is C[C@@H](C(=O)NC1CCCC1)N(Cc1ccccc1)C(=O)CCSc1ccccc1. The van der Waals surface area contributed by atoms with Crippen LogP contribution in [-0.4, -0.2) is 34.6 Å². The molecule has 0 aliphatic heterocycles. The summed E-state index contributed by atoms with van der Waals surface area (Å²) in [4.78, 5) is 28.8. The van der Waals surface area contributed by atoms with Crippen LogP contribution in [0.4, 0.5) is 0 Å². The van der Waals surface area contributed by atoms with E-state index in [1.165, 1.54) is 12.8 Å². The normalized spacial score (nSPS) is 15.1. The Labute approximate surface area is 178 Å².